The van der Waals surface area contributed by atoms with Crippen LogP contribution in [0.2, 0.25) is 10.0 Å². The van der Waals surface area contributed by atoms with E-state index in [0.717, 1.165) is 0 Å². The van der Waals surface area contributed by atoms with E-state index in [0.29, 0.717) is 16.4 Å². The molecule has 0 aliphatic carbocycles. The number of hydrogen-bond donors (Lipinski definition) is 2. The SMILES string of the molecule is CC(C)C(NC(=O)c1ccc(Cl)c(Cl)c1)C(=O)N/N=C\c1cccn1-c1ccc([N+](=O)[O-])cc1. The Morgan fingerprint density at radius 1 is 1.09 bits per heavy atom. The Kier molecular flexibility index (Phi) is 8.04. The molecule has 0 fully saturated rings. The highest BCUT2D eigenvalue weighted by Gasteiger charge is 2.24. The van der Waals surface area contributed by atoms with E-state index in [1.165, 1.54) is 36.5 Å². The molecule has 9 nitrogen and oxygen atoms in total. The largest absolute Gasteiger partial charge is 0.340 e. The molecule has 0 aliphatic rings. The van der Waals surface area contributed by atoms with Crippen molar-refractivity contribution in [1.29, 1.82) is 0 Å². The summed E-state index contributed by atoms with van der Waals surface area (Å²) in [4.78, 5) is 35.7. The van der Waals surface area contributed by atoms with Crippen molar-refractivity contribution in [3.05, 3.63) is 92.2 Å². The van der Waals surface area contributed by atoms with Crippen LogP contribution in [-0.4, -0.2) is 33.6 Å². The van der Waals surface area contributed by atoms with Gasteiger partial charge in [-0.2, -0.15) is 5.10 Å². The highest BCUT2D eigenvalue weighted by molar-refractivity contribution is 6.42. The molecule has 176 valence electrons. The molecule has 0 saturated heterocycles. The lowest BCUT2D eigenvalue weighted by molar-refractivity contribution is -0.384. The predicted molar refractivity (Wildman–Crippen MR) is 131 cm³/mol. The highest BCUT2D eigenvalue weighted by atomic mass is 35.5. The van der Waals surface area contributed by atoms with Crippen molar-refractivity contribution in [1.82, 2.24) is 15.3 Å². The maximum Gasteiger partial charge on any atom is 0.269 e. The summed E-state index contributed by atoms with van der Waals surface area (Å²) < 4.78 is 1.76. The van der Waals surface area contributed by atoms with Gasteiger partial charge in [-0.3, -0.25) is 19.7 Å². The average Bonchev–Trinajstić information content (AvgIpc) is 3.27. The first-order valence-electron chi connectivity index (χ1n) is 10.2. The summed E-state index contributed by atoms with van der Waals surface area (Å²) in [7, 11) is 0. The molecule has 0 aliphatic heterocycles. The first-order chi connectivity index (χ1) is 16.2. The van der Waals surface area contributed by atoms with Gasteiger partial charge in [0.15, 0.2) is 0 Å². The third-order valence-electron chi connectivity index (χ3n) is 4.91. The number of amides is 2. The zero-order valence-electron chi connectivity index (χ0n) is 18.2. The molecule has 11 heteroatoms. The van der Waals surface area contributed by atoms with Gasteiger partial charge in [-0.05, 0) is 48.4 Å². The van der Waals surface area contributed by atoms with Crippen molar-refractivity contribution in [3.8, 4) is 5.69 Å². The van der Waals surface area contributed by atoms with Crippen LogP contribution < -0.4 is 10.7 Å². The number of nitrogens with zero attached hydrogens (tertiary/aromatic N) is 3. The van der Waals surface area contributed by atoms with Gasteiger partial charge in [-0.1, -0.05) is 37.0 Å². The van der Waals surface area contributed by atoms with Gasteiger partial charge in [0.25, 0.3) is 17.5 Å². The van der Waals surface area contributed by atoms with Gasteiger partial charge >= 0.3 is 0 Å². The maximum atomic E-state index is 12.7. The van der Waals surface area contributed by atoms with Crippen molar-refractivity contribution in [2.45, 2.75) is 19.9 Å². The lowest BCUT2D eigenvalue weighted by Gasteiger charge is -2.20. The van der Waals surface area contributed by atoms with Crippen molar-refractivity contribution < 1.29 is 14.5 Å². The fourth-order valence-electron chi connectivity index (χ4n) is 3.10. The van der Waals surface area contributed by atoms with Gasteiger partial charge in [0.05, 0.1) is 26.9 Å². The van der Waals surface area contributed by atoms with Gasteiger partial charge in [-0.25, -0.2) is 5.43 Å². The zero-order valence-corrected chi connectivity index (χ0v) is 19.7. The van der Waals surface area contributed by atoms with Crippen LogP contribution >= 0.6 is 23.2 Å². The molecule has 1 heterocycles. The number of nitro groups is 1. The van der Waals surface area contributed by atoms with E-state index in [1.54, 1.807) is 48.9 Å². The molecular weight excluding hydrogens is 481 g/mol. The summed E-state index contributed by atoms with van der Waals surface area (Å²) in [6, 6.07) is 13.2. The molecule has 0 saturated carbocycles. The summed E-state index contributed by atoms with van der Waals surface area (Å²) in [5, 5.41) is 18.1. The Morgan fingerprint density at radius 2 is 1.79 bits per heavy atom. The maximum absolute atomic E-state index is 12.7. The third kappa shape index (κ3) is 6.00. The molecule has 0 spiro atoms. The summed E-state index contributed by atoms with van der Waals surface area (Å²) in [5.41, 5.74) is 4.04. The van der Waals surface area contributed by atoms with Gasteiger partial charge < -0.3 is 9.88 Å². The fourth-order valence-corrected chi connectivity index (χ4v) is 3.40. The molecule has 0 bridgehead atoms. The van der Waals surface area contributed by atoms with Gasteiger partial charge in [0, 0.05) is 29.6 Å². The molecule has 3 aromatic rings. The number of rotatable bonds is 8. The predicted octanol–water partition coefficient (Wildman–Crippen LogP) is 4.60. The second-order valence-corrected chi connectivity index (χ2v) is 8.45. The minimum atomic E-state index is -0.847. The van der Waals surface area contributed by atoms with Crippen molar-refractivity contribution in [2.24, 2.45) is 11.0 Å². The number of non-ortho nitro benzene ring substituents is 1. The summed E-state index contributed by atoms with van der Waals surface area (Å²) >= 11 is 11.9. The second kappa shape index (κ2) is 11.0. The number of halogens is 2. The van der Waals surface area contributed by atoms with Crippen LogP contribution in [0.1, 0.15) is 29.9 Å². The van der Waals surface area contributed by atoms with Crippen LogP contribution in [0.15, 0.2) is 65.9 Å². The van der Waals surface area contributed by atoms with Gasteiger partial charge in [-0.15, -0.1) is 0 Å². The third-order valence-corrected chi connectivity index (χ3v) is 5.65. The van der Waals surface area contributed by atoms with Gasteiger partial charge in [0.2, 0.25) is 0 Å². The number of carbonyl (C=O) groups is 2. The normalized spacial score (nSPS) is 12.0. The number of nitro benzene ring substituents is 1. The lowest BCUT2D eigenvalue weighted by Crippen LogP contribution is -2.48. The quantitative estimate of drug-likeness (QED) is 0.266. The number of aromatic nitrogens is 1. The van der Waals surface area contributed by atoms with E-state index in [9.17, 15) is 19.7 Å². The number of nitrogens with one attached hydrogen (secondary N) is 2. The minimum Gasteiger partial charge on any atom is -0.340 e. The highest BCUT2D eigenvalue weighted by Crippen LogP contribution is 2.22. The minimum absolute atomic E-state index is 0.0129. The van der Waals surface area contributed by atoms with Crippen LogP contribution in [0.4, 0.5) is 5.69 Å². The van der Waals surface area contributed by atoms with Crippen LogP contribution in [-0.2, 0) is 4.79 Å². The van der Waals surface area contributed by atoms with Crippen LogP contribution in [0, 0.1) is 16.0 Å². The topological polar surface area (TPSA) is 119 Å². The Balaban J connectivity index is 1.68. The molecule has 1 aromatic heterocycles. The van der Waals surface area contributed by atoms with Gasteiger partial charge in [0.1, 0.15) is 6.04 Å². The molecule has 1 atom stereocenters. The Labute approximate surface area is 205 Å². The van der Waals surface area contributed by atoms with Crippen LogP contribution in [0.25, 0.3) is 5.69 Å². The second-order valence-electron chi connectivity index (χ2n) is 7.63. The Morgan fingerprint density at radius 3 is 2.41 bits per heavy atom. The van der Waals surface area contributed by atoms with E-state index < -0.39 is 22.8 Å². The molecule has 3 rings (SSSR count). The molecule has 2 N–H and O–H groups in total. The first-order valence-corrected chi connectivity index (χ1v) is 10.9. The standard InChI is InChI=1S/C23H21Cl2N5O4/c1-14(2)21(27-22(31)15-5-10-19(24)20(25)12-15)23(32)28-26-13-18-4-3-11-29(18)16-6-8-17(9-7-16)30(33)34/h3-14,21H,1-2H3,(H,27,31)(H,28,32)/b26-13-. The van der Waals surface area contributed by atoms with Crippen LogP contribution in [0.3, 0.4) is 0 Å². The zero-order chi connectivity index (χ0) is 24.8. The van der Waals surface area contributed by atoms with E-state index in [4.69, 9.17) is 23.2 Å². The van der Waals surface area contributed by atoms with E-state index in [1.807, 2.05) is 0 Å². The van der Waals surface area contributed by atoms with E-state index >= 15 is 0 Å². The molecule has 2 amide bonds. The van der Waals surface area contributed by atoms with Crippen molar-refractivity contribution >= 4 is 46.9 Å². The molecule has 1 unspecified atom stereocenters. The number of hydrazone groups is 1. The van der Waals surface area contributed by atoms with Crippen LogP contribution in [0.5, 0.6) is 0 Å². The Bertz CT molecular complexity index is 1240. The monoisotopic (exact) mass is 501 g/mol. The van der Waals surface area contributed by atoms with E-state index in [-0.39, 0.29) is 22.2 Å². The molecule has 0 radical (unpaired) electrons. The lowest BCUT2D eigenvalue weighted by atomic mass is 10.0. The molecular formula is C23H21Cl2N5O4. The summed E-state index contributed by atoms with van der Waals surface area (Å²) in [6.45, 7) is 3.59. The number of carbonyl (C=O) groups excluding carboxylic acids is 2. The average molecular weight is 502 g/mol. The molecule has 34 heavy (non-hydrogen) atoms. The number of hydrogen-bond acceptors (Lipinski definition) is 5. The van der Waals surface area contributed by atoms with E-state index in [2.05, 4.69) is 15.8 Å². The molecule has 2 aromatic carbocycles. The Hall–Kier alpha value is -3.69. The summed E-state index contributed by atoms with van der Waals surface area (Å²) in [5.74, 6) is -1.18. The van der Waals surface area contributed by atoms with Crippen molar-refractivity contribution in [2.75, 3.05) is 0 Å². The smallest absolute Gasteiger partial charge is 0.269 e. The van der Waals surface area contributed by atoms with Crippen molar-refractivity contribution in [3.63, 3.8) is 0 Å². The first kappa shape index (κ1) is 24.9. The number of benzene rings is 2. The fraction of sp³-hybridized carbons (Fsp3) is 0.174. The summed E-state index contributed by atoms with van der Waals surface area (Å²) in [6.07, 6.45) is 3.20.